The van der Waals surface area contributed by atoms with Crippen molar-refractivity contribution in [1.29, 1.82) is 0 Å². The number of anilines is 4. The summed E-state index contributed by atoms with van der Waals surface area (Å²) in [4.78, 5) is 11.2. The fraction of sp³-hybridized carbons (Fsp3) is 0.444. The first kappa shape index (κ1) is 16.0. The molecule has 1 aromatic heterocycles. The highest BCUT2D eigenvalue weighted by molar-refractivity contribution is 5.81. The van der Waals surface area contributed by atoms with Gasteiger partial charge in [0.05, 0.1) is 36.5 Å². The van der Waals surface area contributed by atoms with E-state index in [1.165, 1.54) is 0 Å². The monoisotopic (exact) mass is 340 g/mol. The van der Waals surface area contributed by atoms with Gasteiger partial charge >= 0.3 is 0 Å². The molecule has 0 spiro atoms. The van der Waals surface area contributed by atoms with E-state index in [9.17, 15) is 0 Å². The molecular formula is C18H24N6O. The van der Waals surface area contributed by atoms with Crippen LogP contribution in [0.15, 0.2) is 30.6 Å². The average molecular weight is 340 g/mol. The number of hydrogen-bond donors (Lipinski definition) is 3. The van der Waals surface area contributed by atoms with Crippen LogP contribution < -0.4 is 25.6 Å². The van der Waals surface area contributed by atoms with Gasteiger partial charge in [0, 0.05) is 18.7 Å². The Morgan fingerprint density at radius 1 is 1.32 bits per heavy atom. The summed E-state index contributed by atoms with van der Waals surface area (Å²) in [6.45, 7) is 6.75. The summed E-state index contributed by atoms with van der Waals surface area (Å²) in [5.41, 5.74) is 2.14. The number of fused-ring (bicyclic) bond motifs is 1. The molecule has 1 saturated heterocycles. The van der Waals surface area contributed by atoms with Gasteiger partial charge in [-0.05, 0) is 38.9 Å². The van der Waals surface area contributed by atoms with Gasteiger partial charge in [-0.2, -0.15) is 0 Å². The zero-order chi connectivity index (χ0) is 17.2. The van der Waals surface area contributed by atoms with Gasteiger partial charge in [0.15, 0.2) is 5.82 Å². The lowest BCUT2D eigenvalue weighted by molar-refractivity contribution is 0.242. The van der Waals surface area contributed by atoms with Gasteiger partial charge in [-0.1, -0.05) is 0 Å². The van der Waals surface area contributed by atoms with E-state index in [2.05, 4.69) is 31.9 Å². The minimum atomic E-state index is 0.146. The third-order valence-corrected chi connectivity index (χ3v) is 4.37. The van der Waals surface area contributed by atoms with E-state index in [0.29, 0.717) is 12.7 Å². The number of rotatable bonds is 5. The maximum absolute atomic E-state index is 5.83. The molecule has 0 amide bonds. The van der Waals surface area contributed by atoms with Crippen LogP contribution in [0.1, 0.15) is 20.3 Å². The first-order valence-corrected chi connectivity index (χ1v) is 8.80. The molecule has 1 atom stereocenters. The van der Waals surface area contributed by atoms with Crippen molar-refractivity contribution in [1.82, 2.24) is 15.3 Å². The van der Waals surface area contributed by atoms with Crippen molar-refractivity contribution >= 4 is 23.0 Å². The molecule has 4 rings (SSSR count). The van der Waals surface area contributed by atoms with Crippen molar-refractivity contribution in [3.05, 3.63) is 30.6 Å². The van der Waals surface area contributed by atoms with Crippen molar-refractivity contribution < 1.29 is 4.74 Å². The Hall–Kier alpha value is -2.54. The van der Waals surface area contributed by atoms with E-state index in [1.807, 2.05) is 26.0 Å². The van der Waals surface area contributed by atoms with E-state index in [-0.39, 0.29) is 6.10 Å². The third kappa shape index (κ3) is 3.46. The average Bonchev–Trinajstić information content (AvgIpc) is 3.24. The molecular weight excluding hydrogens is 316 g/mol. The SMILES string of the molecule is CC(C)Oc1ccc2c(c1)N(c1cncc(N[C@@H]3CCNC3)n1)CN2. The Morgan fingerprint density at radius 2 is 2.24 bits per heavy atom. The minimum absolute atomic E-state index is 0.146. The lowest BCUT2D eigenvalue weighted by Crippen LogP contribution is -2.24. The molecule has 0 radical (unpaired) electrons. The number of hydrogen-bond acceptors (Lipinski definition) is 7. The number of nitrogens with one attached hydrogen (secondary N) is 3. The second-order valence-electron chi connectivity index (χ2n) is 6.71. The fourth-order valence-electron chi connectivity index (χ4n) is 3.23. The topological polar surface area (TPSA) is 74.3 Å². The molecule has 3 heterocycles. The van der Waals surface area contributed by atoms with Gasteiger partial charge in [0.2, 0.25) is 0 Å². The van der Waals surface area contributed by atoms with Gasteiger partial charge in [-0.25, -0.2) is 4.98 Å². The van der Waals surface area contributed by atoms with Crippen molar-refractivity contribution in [3.8, 4) is 5.75 Å². The summed E-state index contributed by atoms with van der Waals surface area (Å²) in [6.07, 6.45) is 4.83. The van der Waals surface area contributed by atoms with Crippen molar-refractivity contribution in [2.45, 2.75) is 32.4 Å². The van der Waals surface area contributed by atoms with Crippen LogP contribution in [0.4, 0.5) is 23.0 Å². The van der Waals surface area contributed by atoms with Crippen LogP contribution in [0.5, 0.6) is 5.75 Å². The van der Waals surface area contributed by atoms with Gasteiger partial charge in [-0.15, -0.1) is 0 Å². The summed E-state index contributed by atoms with van der Waals surface area (Å²) in [7, 11) is 0. The number of aromatic nitrogens is 2. The number of ether oxygens (including phenoxy) is 1. The summed E-state index contributed by atoms with van der Waals surface area (Å²) in [5.74, 6) is 2.50. The van der Waals surface area contributed by atoms with Crippen molar-refractivity contribution in [3.63, 3.8) is 0 Å². The highest BCUT2D eigenvalue weighted by Crippen LogP contribution is 2.38. The van der Waals surface area contributed by atoms with Crippen LogP contribution in [0.25, 0.3) is 0 Å². The second kappa shape index (κ2) is 6.76. The first-order valence-electron chi connectivity index (χ1n) is 8.80. The maximum atomic E-state index is 5.83. The Kier molecular flexibility index (Phi) is 4.31. The zero-order valence-corrected chi connectivity index (χ0v) is 14.6. The molecule has 2 aliphatic heterocycles. The van der Waals surface area contributed by atoms with Gasteiger partial charge in [0.25, 0.3) is 0 Å². The molecule has 0 saturated carbocycles. The molecule has 1 aromatic carbocycles. The Labute approximate surface area is 147 Å². The second-order valence-corrected chi connectivity index (χ2v) is 6.71. The molecule has 1 fully saturated rings. The van der Waals surface area contributed by atoms with Crippen LogP contribution >= 0.6 is 0 Å². The lowest BCUT2D eigenvalue weighted by Gasteiger charge is -2.19. The van der Waals surface area contributed by atoms with E-state index in [0.717, 1.165) is 48.3 Å². The summed E-state index contributed by atoms with van der Waals surface area (Å²) < 4.78 is 5.83. The van der Waals surface area contributed by atoms with Crippen LogP contribution in [0.2, 0.25) is 0 Å². The van der Waals surface area contributed by atoms with Crippen LogP contribution in [0.3, 0.4) is 0 Å². The van der Waals surface area contributed by atoms with Gasteiger partial charge < -0.3 is 25.6 Å². The lowest BCUT2D eigenvalue weighted by atomic mass is 10.2. The predicted molar refractivity (Wildman–Crippen MR) is 99.8 cm³/mol. The zero-order valence-electron chi connectivity index (χ0n) is 14.6. The molecule has 0 unspecified atom stereocenters. The standard InChI is InChI=1S/C18H24N6O/c1-12(2)25-14-3-4-15-16(7-14)24(11-21-15)18-10-20-9-17(23-18)22-13-5-6-19-8-13/h3-4,7,9-10,12-13,19,21H,5-6,8,11H2,1-2H3,(H,22,23)/t13-/m1/s1. The van der Waals surface area contributed by atoms with Crippen molar-refractivity contribution in [2.24, 2.45) is 0 Å². The predicted octanol–water partition coefficient (Wildman–Crippen LogP) is 2.56. The van der Waals surface area contributed by atoms with Crippen LogP contribution in [0, 0.1) is 0 Å². The molecule has 2 aromatic rings. The van der Waals surface area contributed by atoms with Gasteiger partial charge in [0.1, 0.15) is 11.6 Å². The Morgan fingerprint density at radius 3 is 3.04 bits per heavy atom. The third-order valence-electron chi connectivity index (χ3n) is 4.37. The van der Waals surface area contributed by atoms with E-state index < -0.39 is 0 Å². The summed E-state index contributed by atoms with van der Waals surface area (Å²) in [6, 6.07) is 6.51. The summed E-state index contributed by atoms with van der Waals surface area (Å²) >= 11 is 0. The molecule has 0 aliphatic carbocycles. The van der Waals surface area contributed by atoms with E-state index in [1.54, 1.807) is 12.4 Å². The van der Waals surface area contributed by atoms with E-state index >= 15 is 0 Å². The first-order chi connectivity index (χ1) is 12.2. The number of benzene rings is 1. The van der Waals surface area contributed by atoms with E-state index in [4.69, 9.17) is 9.72 Å². The van der Waals surface area contributed by atoms with Crippen LogP contribution in [-0.4, -0.2) is 41.9 Å². The van der Waals surface area contributed by atoms with Crippen molar-refractivity contribution in [2.75, 3.05) is 35.3 Å². The molecule has 3 N–H and O–H groups in total. The molecule has 2 aliphatic rings. The molecule has 0 bridgehead atoms. The molecule has 7 nitrogen and oxygen atoms in total. The van der Waals surface area contributed by atoms with Crippen LogP contribution in [-0.2, 0) is 0 Å². The quantitative estimate of drug-likeness (QED) is 0.772. The van der Waals surface area contributed by atoms with Gasteiger partial charge in [-0.3, -0.25) is 4.98 Å². The highest BCUT2D eigenvalue weighted by atomic mass is 16.5. The molecule has 25 heavy (non-hydrogen) atoms. The minimum Gasteiger partial charge on any atom is -0.491 e. The normalized spacial score (nSPS) is 19.0. The molecule has 7 heteroatoms. The maximum Gasteiger partial charge on any atom is 0.155 e. The number of nitrogens with zero attached hydrogens (tertiary/aromatic N) is 3. The summed E-state index contributed by atoms with van der Waals surface area (Å²) in [5, 5.41) is 10.2. The Bertz CT molecular complexity index is 744. The smallest absolute Gasteiger partial charge is 0.155 e. The largest absolute Gasteiger partial charge is 0.491 e. The molecule has 132 valence electrons. The fourth-order valence-corrected chi connectivity index (χ4v) is 3.23. The Balaban J connectivity index is 1.57. The highest BCUT2D eigenvalue weighted by Gasteiger charge is 2.23.